The van der Waals surface area contributed by atoms with Crippen LogP contribution in [0.25, 0.3) is 0 Å². The zero-order valence-corrected chi connectivity index (χ0v) is 7.38. The summed E-state index contributed by atoms with van der Waals surface area (Å²) in [5, 5.41) is 12.4. The van der Waals surface area contributed by atoms with E-state index >= 15 is 0 Å². The Morgan fingerprint density at radius 3 is 3.08 bits per heavy atom. The second-order valence-corrected chi connectivity index (χ2v) is 2.62. The molecule has 5 nitrogen and oxygen atoms in total. The molecule has 1 aromatic rings. The zero-order chi connectivity index (χ0) is 9.68. The summed E-state index contributed by atoms with van der Waals surface area (Å²) in [5.74, 6) is -0.944. The Balaban J connectivity index is 2.18. The van der Waals surface area contributed by atoms with Gasteiger partial charge in [-0.25, -0.2) is 4.79 Å². The van der Waals surface area contributed by atoms with Gasteiger partial charge in [-0.15, -0.1) is 0 Å². The summed E-state index contributed by atoms with van der Waals surface area (Å²) in [7, 11) is 0. The van der Waals surface area contributed by atoms with Gasteiger partial charge in [0.15, 0.2) is 6.10 Å². The first-order valence-corrected chi connectivity index (χ1v) is 4.02. The second-order valence-electron chi connectivity index (χ2n) is 2.62. The number of carboxylic acids is 1. The number of hydrogen-bond donors (Lipinski definition) is 1. The fraction of sp³-hybridized carbons (Fsp3) is 0.500. The average Bonchev–Trinajstić information content (AvgIpc) is 2.56. The molecule has 0 fully saturated rings. The van der Waals surface area contributed by atoms with Crippen LogP contribution in [0.5, 0.6) is 0 Å². The van der Waals surface area contributed by atoms with Crippen LogP contribution in [-0.2, 0) is 16.1 Å². The van der Waals surface area contributed by atoms with Gasteiger partial charge in [0, 0.05) is 12.4 Å². The summed E-state index contributed by atoms with van der Waals surface area (Å²) >= 11 is 0. The largest absolute Gasteiger partial charge is 0.479 e. The average molecular weight is 184 g/mol. The topological polar surface area (TPSA) is 64.4 Å². The third kappa shape index (κ3) is 3.25. The van der Waals surface area contributed by atoms with Crippen molar-refractivity contribution >= 4 is 5.97 Å². The Kier molecular flexibility index (Phi) is 3.45. The lowest BCUT2D eigenvalue weighted by atomic mass is 10.4. The lowest BCUT2D eigenvalue weighted by Crippen LogP contribution is -2.22. The highest BCUT2D eigenvalue weighted by molar-refractivity contribution is 5.71. The summed E-state index contributed by atoms with van der Waals surface area (Å²) in [6.45, 7) is 2.44. The van der Waals surface area contributed by atoms with E-state index in [1.54, 1.807) is 23.1 Å². The molecule has 0 spiro atoms. The van der Waals surface area contributed by atoms with E-state index in [9.17, 15) is 4.79 Å². The number of ether oxygens (including phenoxy) is 1. The van der Waals surface area contributed by atoms with Crippen molar-refractivity contribution in [2.75, 3.05) is 6.61 Å². The molecule has 0 aromatic carbocycles. The molecule has 1 unspecified atom stereocenters. The number of hydrogen-bond acceptors (Lipinski definition) is 3. The maximum absolute atomic E-state index is 10.3. The molecule has 1 heterocycles. The van der Waals surface area contributed by atoms with Gasteiger partial charge in [0.25, 0.3) is 0 Å². The smallest absolute Gasteiger partial charge is 0.332 e. The number of nitrogens with zero attached hydrogens (tertiary/aromatic N) is 2. The van der Waals surface area contributed by atoms with Crippen LogP contribution in [0, 0.1) is 0 Å². The first kappa shape index (κ1) is 9.73. The van der Waals surface area contributed by atoms with E-state index in [0.717, 1.165) is 0 Å². The highest BCUT2D eigenvalue weighted by atomic mass is 16.5. The second kappa shape index (κ2) is 4.61. The minimum absolute atomic E-state index is 0.356. The molecule has 0 saturated heterocycles. The third-order valence-corrected chi connectivity index (χ3v) is 1.60. The van der Waals surface area contributed by atoms with Gasteiger partial charge in [0.2, 0.25) is 0 Å². The van der Waals surface area contributed by atoms with Crippen molar-refractivity contribution in [3.05, 3.63) is 18.5 Å². The van der Waals surface area contributed by atoms with Gasteiger partial charge in [-0.05, 0) is 13.0 Å². The van der Waals surface area contributed by atoms with Gasteiger partial charge >= 0.3 is 5.97 Å². The molecule has 0 aliphatic heterocycles. The fourth-order valence-corrected chi connectivity index (χ4v) is 0.827. The van der Waals surface area contributed by atoms with E-state index in [-0.39, 0.29) is 0 Å². The minimum atomic E-state index is -0.944. The SMILES string of the molecule is CC(OCCn1cccn1)C(=O)O. The van der Waals surface area contributed by atoms with Crippen LogP contribution in [0.4, 0.5) is 0 Å². The van der Waals surface area contributed by atoms with Crippen LogP contribution in [-0.4, -0.2) is 33.6 Å². The third-order valence-electron chi connectivity index (χ3n) is 1.60. The monoisotopic (exact) mass is 184 g/mol. The van der Waals surface area contributed by atoms with Crippen LogP contribution >= 0.6 is 0 Å². The number of rotatable bonds is 5. The number of carbonyl (C=O) groups is 1. The quantitative estimate of drug-likeness (QED) is 0.718. The number of aromatic nitrogens is 2. The van der Waals surface area contributed by atoms with Gasteiger partial charge < -0.3 is 9.84 Å². The molecule has 13 heavy (non-hydrogen) atoms. The number of aliphatic carboxylic acids is 1. The van der Waals surface area contributed by atoms with Gasteiger partial charge in [0.05, 0.1) is 13.2 Å². The normalized spacial score (nSPS) is 12.7. The molecule has 0 bridgehead atoms. The van der Waals surface area contributed by atoms with E-state index in [1.807, 2.05) is 0 Å². The van der Waals surface area contributed by atoms with Crippen LogP contribution < -0.4 is 0 Å². The van der Waals surface area contributed by atoms with Gasteiger partial charge in [0.1, 0.15) is 0 Å². The van der Waals surface area contributed by atoms with Crippen molar-refractivity contribution in [3.63, 3.8) is 0 Å². The van der Waals surface area contributed by atoms with Crippen molar-refractivity contribution in [3.8, 4) is 0 Å². The molecular weight excluding hydrogens is 172 g/mol. The van der Waals surface area contributed by atoms with Gasteiger partial charge in [-0.2, -0.15) is 5.10 Å². The van der Waals surface area contributed by atoms with Crippen molar-refractivity contribution in [2.45, 2.75) is 19.6 Å². The van der Waals surface area contributed by atoms with Crippen molar-refractivity contribution in [2.24, 2.45) is 0 Å². The van der Waals surface area contributed by atoms with Crippen LogP contribution in [0.2, 0.25) is 0 Å². The fourth-order valence-electron chi connectivity index (χ4n) is 0.827. The molecule has 5 heteroatoms. The number of carboxylic acid groups (broad SMARTS) is 1. The van der Waals surface area contributed by atoms with Crippen LogP contribution in [0.3, 0.4) is 0 Å². The van der Waals surface area contributed by atoms with Crippen molar-refractivity contribution < 1.29 is 14.6 Å². The van der Waals surface area contributed by atoms with Crippen LogP contribution in [0.15, 0.2) is 18.5 Å². The van der Waals surface area contributed by atoms with E-state index in [1.165, 1.54) is 6.92 Å². The predicted octanol–water partition coefficient (Wildman–Crippen LogP) is 0.373. The highest BCUT2D eigenvalue weighted by Crippen LogP contribution is 1.92. The Morgan fingerprint density at radius 1 is 1.77 bits per heavy atom. The van der Waals surface area contributed by atoms with E-state index in [0.29, 0.717) is 13.2 Å². The Bertz CT molecular complexity index is 258. The highest BCUT2D eigenvalue weighted by Gasteiger charge is 2.09. The van der Waals surface area contributed by atoms with Crippen LogP contribution in [0.1, 0.15) is 6.92 Å². The molecule has 0 aliphatic rings. The van der Waals surface area contributed by atoms with Gasteiger partial charge in [-0.1, -0.05) is 0 Å². The summed E-state index contributed by atoms with van der Waals surface area (Å²) in [4.78, 5) is 10.3. The molecule has 1 atom stereocenters. The standard InChI is InChI=1S/C8H12N2O3/c1-7(8(11)12)13-6-5-10-4-2-3-9-10/h2-4,7H,5-6H2,1H3,(H,11,12). The molecule has 72 valence electrons. The molecule has 0 saturated carbocycles. The molecule has 0 radical (unpaired) electrons. The Labute approximate surface area is 75.9 Å². The summed E-state index contributed by atoms with van der Waals surface area (Å²) in [5.41, 5.74) is 0. The lowest BCUT2D eigenvalue weighted by Gasteiger charge is -2.07. The summed E-state index contributed by atoms with van der Waals surface area (Å²) in [6, 6.07) is 1.81. The molecule has 0 aliphatic carbocycles. The summed E-state index contributed by atoms with van der Waals surface area (Å²) in [6.07, 6.45) is 2.71. The van der Waals surface area contributed by atoms with Gasteiger partial charge in [-0.3, -0.25) is 4.68 Å². The molecule has 1 aromatic heterocycles. The van der Waals surface area contributed by atoms with E-state index < -0.39 is 12.1 Å². The summed E-state index contributed by atoms with van der Waals surface area (Å²) < 4.78 is 6.71. The van der Waals surface area contributed by atoms with E-state index in [4.69, 9.17) is 9.84 Å². The maximum atomic E-state index is 10.3. The molecular formula is C8H12N2O3. The first-order chi connectivity index (χ1) is 6.20. The Hall–Kier alpha value is -1.36. The van der Waals surface area contributed by atoms with E-state index in [2.05, 4.69) is 5.10 Å². The maximum Gasteiger partial charge on any atom is 0.332 e. The molecule has 1 rings (SSSR count). The molecule has 1 N–H and O–H groups in total. The molecule has 0 amide bonds. The minimum Gasteiger partial charge on any atom is -0.479 e. The van der Waals surface area contributed by atoms with Crippen molar-refractivity contribution in [1.82, 2.24) is 9.78 Å². The Morgan fingerprint density at radius 2 is 2.54 bits per heavy atom. The van der Waals surface area contributed by atoms with Crippen molar-refractivity contribution in [1.29, 1.82) is 0 Å². The first-order valence-electron chi connectivity index (χ1n) is 4.02. The lowest BCUT2D eigenvalue weighted by molar-refractivity contribution is -0.149. The predicted molar refractivity (Wildman–Crippen MR) is 45.3 cm³/mol. The zero-order valence-electron chi connectivity index (χ0n) is 7.38.